The second kappa shape index (κ2) is 6.97. The van der Waals surface area contributed by atoms with Crippen LogP contribution in [0.4, 0.5) is 18.0 Å². The third-order valence-corrected chi connectivity index (χ3v) is 2.79. The predicted molar refractivity (Wildman–Crippen MR) is 70.7 cm³/mol. The quantitative estimate of drug-likeness (QED) is 0.822. The number of nitrogens with one attached hydrogen (secondary N) is 1. The van der Waals surface area contributed by atoms with Gasteiger partial charge in [-0.15, -0.1) is 6.42 Å². The number of hydrogen-bond donors (Lipinski definition) is 2. The SMILES string of the molecule is C#Cc1cc(C(F)(F)F)cc(CCCC(C)NC(=O)O)n1. The molecule has 1 atom stereocenters. The molecule has 1 unspecified atom stereocenters. The summed E-state index contributed by atoms with van der Waals surface area (Å²) < 4.78 is 38.1. The summed E-state index contributed by atoms with van der Waals surface area (Å²) in [6.45, 7) is 1.68. The van der Waals surface area contributed by atoms with E-state index in [1.54, 1.807) is 6.92 Å². The molecule has 21 heavy (non-hydrogen) atoms. The van der Waals surface area contributed by atoms with Crippen molar-refractivity contribution >= 4 is 6.09 Å². The number of carbonyl (C=O) groups is 1. The molecule has 1 aromatic rings. The van der Waals surface area contributed by atoms with E-state index in [2.05, 4.69) is 16.2 Å². The van der Waals surface area contributed by atoms with Crippen LogP contribution in [-0.4, -0.2) is 22.2 Å². The smallest absolute Gasteiger partial charge is 0.416 e. The van der Waals surface area contributed by atoms with E-state index in [4.69, 9.17) is 11.5 Å². The highest BCUT2D eigenvalue weighted by atomic mass is 19.4. The van der Waals surface area contributed by atoms with Crippen LogP contribution >= 0.6 is 0 Å². The molecule has 0 aliphatic heterocycles. The van der Waals surface area contributed by atoms with Crippen molar-refractivity contribution in [2.75, 3.05) is 0 Å². The molecule has 1 rings (SSSR count). The summed E-state index contributed by atoms with van der Waals surface area (Å²) in [6, 6.07) is 1.52. The Morgan fingerprint density at radius 1 is 1.52 bits per heavy atom. The highest BCUT2D eigenvalue weighted by Gasteiger charge is 2.31. The number of rotatable bonds is 5. The van der Waals surface area contributed by atoms with Gasteiger partial charge in [-0.2, -0.15) is 13.2 Å². The average Bonchev–Trinajstić information content (AvgIpc) is 2.36. The van der Waals surface area contributed by atoms with E-state index < -0.39 is 17.8 Å². The number of halogens is 3. The molecule has 1 aromatic heterocycles. The maximum Gasteiger partial charge on any atom is 0.416 e. The number of hydrogen-bond acceptors (Lipinski definition) is 2. The van der Waals surface area contributed by atoms with Gasteiger partial charge in [0.15, 0.2) is 0 Å². The summed E-state index contributed by atoms with van der Waals surface area (Å²) >= 11 is 0. The lowest BCUT2D eigenvalue weighted by Crippen LogP contribution is -2.30. The predicted octanol–water partition coefficient (Wildman–Crippen LogP) is 3.06. The lowest BCUT2D eigenvalue weighted by Gasteiger charge is -2.12. The minimum absolute atomic E-state index is 0.0588. The number of amides is 1. The van der Waals surface area contributed by atoms with Gasteiger partial charge in [-0.3, -0.25) is 0 Å². The molecule has 0 radical (unpaired) electrons. The Bertz CT molecular complexity index is 550. The van der Waals surface area contributed by atoms with Gasteiger partial charge in [-0.05, 0) is 38.3 Å². The normalized spacial score (nSPS) is 12.5. The van der Waals surface area contributed by atoms with E-state index in [-0.39, 0.29) is 17.4 Å². The fraction of sp³-hybridized carbons (Fsp3) is 0.429. The molecule has 0 aliphatic rings. The fourth-order valence-corrected chi connectivity index (χ4v) is 1.83. The molecule has 2 N–H and O–H groups in total. The number of nitrogens with zero attached hydrogens (tertiary/aromatic N) is 1. The zero-order valence-corrected chi connectivity index (χ0v) is 11.4. The first-order chi connectivity index (χ1) is 9.72. The summed E-state index contributed by atoms with van der Waals surface area (Å²) in [4.78, 5) is 14.4. The molecule has 0 aromatic carbocycles. The lowest BCUT2D eigenvalue weighted by atomic mass is 10.1. The van der Waals surface area contributed by atoms with Crippen LogP contribution in [0.15, 0.2) is 12.1 Å². The van der Waals surface area contributed by atoms with Gasteiger partial charge in [0.05, 0.1) is 5.56 Å². The maximum atomic E-state index is 12.7. The maximum absolute atomic E-state index is 12.7. The van der Waals surface area contributed by atoms with Gasteiger partial charge in [0, 0.05) is 11.7 Å². The first-order valence-corrected chi connectivity index (χ1v) is 6.26. The Hall–Kier alpha value is -2.23. The van der Waals surface area contributed by atoms with Gasteiger partial charge in [0.25, 0.3) is 0 Å². The van der Waals surface area contributed by atoms with E-state index in [0.29, 0.717) is 19.3 Å². The molecule has 0 fully saturated rings. The van der Waals surface area contributed by atoms with E-state index >= 15 is 0 Å². The lowest BCUT2D eigenvalue weighted by molar-refractivity contribution is -0.137. The monoisotopic (exact) mass is 300 g/mol. The zero-order valence-electron chi connectivity index (χ0n) is 11.4. The van der Waals surface area contributed by atoms with Crippen LogP contribution in [0.3, 0.4) is 0 Å². The summed E-state index contributed by atoms with van der Waals surface area (Å²) in [7, 11) is 0. The van der Waals surface area contributed by atoms with Crippen molar-refractivity contribution in [2.24, 2.45) is 0 Å². The average molecular weight is 300 g/mol. The highest BCUT2D eigenvalue weighted by Crippen LogP contribution is 2.30. The first-order valence-electron chi connectivity index (χ1n) is 6.26. The molecule has 0 saturated carbocycles. The van der Waals surface area contributed by atoms with Crippen molar-refractivity contribution in [1.82, 2.24) is 10.3 Å². The third kappa shape index (κ3) is 5.73. The molecule has 0 saturated heterocycles. The molecule has 0 spiro atoms. The second-order valence-corrected chi connectivity index (χ2v) is 4.62. The molecular formula is C14H15F3N2O2. The standard InChI is InChI=1S/C14H15F3N2O2/c1-3-11-7-10(14(15,16)17)8-12(19-11)6-4-5-9(2)18-13(20)21/h1,7-9,18H,4-6H2,2H3,(H,20,21). The summed E-state index contributed by atoms with van der Waals surface area (Å²) in [5.41, 5.74) is -0.631. The van der Waals surface area contributed by atoms with Gasteiger partial charge < -0.3 is 10.4 Å². The number of aromatic nitrogens is 1. The Kier molecular flexibility index (Phi) is 5.59. The molecule has 4 nitrogen and oxygen atoms in total. The van der Waals surface area contributed by atoms with Crippen LogP contribution in [0, 0.1) is 12.3 Å². The van der Waals surface area contributed by atoms with Crippen LogP contribution in [0.5, 0.6) is 0 Å². The number of alkyl halides is 3. The third-order valence-electron chi connectivity index (χ3n) is 2.79. The van der Waals surface area contributed by atoms with Crippen LogP contribution in [0.1, 0.15) is 36.7 Å². The summed E-state index contributed by atoms with van der Waals surface area (Å²) in [6.07, 6.45) is 0.798. The Morgan fingerprint density at radius 3 is 2.71 bits per heavy atom. The molecule has 114 valence electrons. The van der Waals surface area contributed by atoms with Crippen molar-refractivity contribution < 1.29 is 23.1 Å². The molecule has 0 bridgehead atoms. The van der Waals surface area contributed by atoms with E-state index in [0.717, 1.165) is 12.1 Å². The van der Waals surface area contributed by atoms with Crippen LogP contribution in [0.25, 0.3) is 0 Å². The van der Waals surface area contributed by atoms with Gasteiger partial charge in [-0.1, -0.05) is 5.92 Å². The molecular weight excluding hydrogens is 285 g/mol. The van der Waals surface area contributed by atoms with Crippen molar-refractivity contribution in [3.63, 3.8) is 0 Å². The van der Waals surface area contributed by atoms with Gasteiger partial charge >= 0.3 is 12.3 Å². The Labute approximate surface area is 120 Å². The van der Waals surface area contributed by atoms with E-state index in [9.17, 15) is 18.0 Å². The van der Waals surface area contributed by atoms with Crippen molar-refractivity contribution in [3.05, 3.63) is 29.1 Å². The largest absolute Gasteiger partial charge is 0.465 e. The van der Waals surface area contributed by atoms with Crippen LogP contribution in [-0.2, 0) is 12.6 Å². The number of terminal acetylenes is 1. The second-order valence-electron chi connectivity index (χ2n) is 4.62. The number of carboxylic acid groups (broad SMARTS) is 1. The highest BCUT2D eigenvalue weighted by molar-refractivity contribution is 5.64. The van der Waals surface area contributed by atoms with E-state index in [1.807, 2.05) is 0 Å². The summed E-state index contributed by atoms with van der Waals surface area (Å²) in [5.74, 6) is 2.10. The van der Waals surface area contributed by atoms with Gasteiger partial charge in [0.1, 0.15) is 5.69 Å². The van der Waals surface area contributed by atoms with Crippen molar-refractivity contribution in [3.8, 4) is 12.3 Å². The minimum atomic E-state index is -4.47. The van der Waals surface area contributed by atoms with Gasteiger partial charge in [-0.25, -0.2) is 9.78 Å². The number of pyridine rings is 1. The zero-order chi connectivity index (χ0) is 16.0. The van der Waals surface area contributed by atoms with E-state index in [1.165, 1.54) is 0 Å². The number of aryl methyl sites for hydroxylation is 1. The molecule has 1 amide bonds. The molecule has 7 heteroatoms. The van der Waals surface area contributed by atoms with Gasteiger partial charge in [0.2, 0.25) is 0 Å². The van der Waals surface area contributed by atoms with Crippen molar-refractivity contribution in [2.45, 2.75) is 38.4 Å². The Balaban J connectivity index is 2.71. The van der Waals surface area contributed by atoms with Crippen LogP contribution < -0.4 is 5.32 Å². The first kappa shape index (κ1) is 16.8. The fourth-order valence-electron chi connectivity index (χ4n) is 1.83. The minimum Gasteiger partial charge on any atom is -0.465 e. The van der Waals surface area contributed by atoms with Crippen molar-refractivity contribution in [1.29, 1.82) is 0 Å². The topological polar surface area (TPSA) is 62.2 Å². The molecule has 1 heterocycles. The van der Waals surface area contributed by atoms with Crippen LogP contribution in [0.2, 0.25) is 0 Å². The summed E-state index contributed by atoms with van der Waals surface area (Å²) in [5, 5.41) is 10.8. The Morgan fingerprint density at radius 2 is 2.19 bits per heavy atom. The molecule has 0 aliphatic carbocycles.